The second-order valence-electron chi connectivity index (χ2n) is 7.28. The first-order chi connectivity index (χ1) is 12.0. The van der Waals surface area contributed by atoms with Gasteiger partial charge < -0.3 is 4.74 Å². The molecule has 7 nitrogen and oxygen atoms in total. The predicted octanol–water partition coefficient (Wildman–Crippen LogP) is 2.16. The number of nitrogens with zero attached hydrogens (tertiary/aromatic N) is 2. The lowest BCUT2D eigenvalue weighted by Crippen LogP contribution is -2.40. The summed E-state index contributed by atoms with van der Waals surface area (Å²) in [4.78, 5) is 38.1. The van der Waals surface area contributed by atoms with Gasteiger partial charge in [-0.25, -0.2) is 4.90 Å². The second-order valence-corrected chi connectivity index (χ2v) is 7.28. The molecule has 2 amide bonds. The number of methoxy groups -OCH3 is 1. The molecule has 1 aromatic carbocycles. The number of nitro groups is 1. The van der Waals surface area contributed by atoms with E-state index in [4.69, 9.17) is 4.74 Å². The van der Waals surface area contributed by atoms with E-state index in [1.807, 2.05) is 0 Å². The molecule has 0 radical (unpaired) electrons. The Morgan fingerprint density at radius 1 is 1.12 bits per heavy atom. The summed E-state index contributed by atoms with van der Waals surface area (Å²) in [6.45, 7) is 0. The van der Waals surface area contributed by atoms with Crippen LogP contribution < -0.4 is 9.64 Å². The molecule has 25 heavy (non-hydrogen) atoms. The first-order valence-electron chi connectivity index (χ1n) is 8.41. The fourth-order valence-corrected chi connectivity index (χ4v) is 5.16. The van der Waals surface area contributed by atoms with Crippen molar-refractivity contribution in [2.45, 2.75) is 6.42 Å². The number of nitro benzene ring substituents is 1. The highest BCUT2D eigenvalue weighted by molar-refractivity contribution is 6.23. The van der Waals surface area contributed by atoms with Crippen molar-refractivity contribution in [1.29, 1.82) is 0 Å². The Morgan fingerprint density at radius 2 is 1.72 bits per heavy atom. The van der Waals surface area contributed by atoms with Crippen molar-refractivity contribution in [2.24, 2.45) is 35.5 Å². The highest BCUT2D eigenvalue weighted by Gasteiger charge is 2.67. The topological polar surface area (TPSA) is 89.8 Å². The normalized spacial score (nSPS) is 37.1. The maximum Gasteiger partial charge on any atom is 0.293 e. The smallest absolute Gasteiger partial charge is 0.293 e. The molecule has 5 aliphatic rings. The third-order valence-corrected chi connectivity index (χ3v) is 6.28. The molecule has 6 rings (SSSR count). The Kier molecular flexibility index (Phi) is 2.74. The molecule has 0 aromatic heterocycles. The zero-order valence-electron chi connectivity index (χ0n) is 13.5. The summed E-state index contributed by atoms with van der Waals surface area (Å²) in [5, 5.41) is 11.4. The van der Waals surface area contributed by atoms with Gasteiger partial charge in [-0.3, -0.25) is 19.7 Å². The minimum atomic E-state index is -0.568. The summed E-state index contributed by atoms with van der Waals surface area (Å²) < 4.78 is 5.13. The van der Waals surface area contributed by atoms with Crippen LogP contribution in [-0.2, 0) is 9.59 Å². The molecule has 4 aliphatic carbocycles. The van der Waals surface area contributed by atoms with Gasteiger partial charge in [0.1, 0.15) is 11.4 Å². The highest BCUT2D eigenvalue weighted by atomic mass is 16.6. The van der Waals surface area contributed by atoms with Gasteiger partial charge in [0.15, 0.2) is 0 Å². The number of hydrogen-bond donors (Lipinski definition) is 0. The maximum atomic E-state index is 13.1. The van der Waals surface area contributed by atoms with E-state index in [-0.39, 0.29) is 46.9 Å². The number of carbonyl (C=O) groups is 2. The maximum absolute atomic E-state index is 13.1. The van der Waals surface area contributed by atoms with E-state index in [1.54, 1.807) is 0 Å². The summed E-state index contributed by atoms with van der Waals surface area (Å²) in [6.07, 6.45) is 5.23. The van der Waals surface area contributed by atoms with Crippen LogP contribution in [0.2, 0.25) is 0 Å². The van der Waals surface area contributed by atoms with E-state index >= 15 is 0 Å². The van der Waals surface area contributed by atoms with E-state index in [1.165, 1.54) is 25.3 Å². The molecule has 1 saturated heterocycles. The molecule has 6 atom stereocenters. The summed E-state index contributed by atoms with van der Waals surface area (Å²) in [5.41, 5.74) is -0.242. The lowest BCUT2D eigenvalue weighted by molar-refractivity contribution is -0.384. The third-order valence-electron chi connectivity index (χ3n) is 6.28. The minimum absolute atomic E-state index is 0.0156. The summed E-state index contributed by atoms with van der Waals surface area (Å²) >= 11 is 0. The molecule has 2 saturated carbocycles. The monoisotopic (exact) mass is 340 g/mol. The summed E-state index contributed by atoms with van der Waals surface area (Å²) in [5.74, 6) is 0.167. The van der Waals surface area contributed by atoms with Crippen molar-refractivity contribution in [3.8, 4) is 5.75 Å². The Labute approximate surface area is 143 Å². The molecule has 6 unspecified atom stereocenters. The highest BCUT2D eigenvalue weighted by Crippen LogP contribution is 2.65. The quantitative estimate of drug-likeness (QED) is 0.364. The van der Waals surface area contributed by atoms with Crippen molar-refractivity contribution >= 4 is 23.2 Å². The van der Waals surface area contributed by atoms with Gasteiger partial charge in [-0.05, 0) is 36.2 Å². The minimum Gasteiger partial charge on any atom is -0.497 e. The van der Waals surface area contributed by atoms with Crippen LogP contribution in [0.3, 0.4) is 0 Å². The number of rotatable bonds is 3. The van der Waals surface area contributed by atoms with Gasteiger partial charge in [-0.15, -0.1) is 0 Å². The van der Waals surface area contributed by atoms with Gasteiger partial charge in [0.05, 0.1) is 23.9 Å². The van der Waals surface area contributed by atoms with Crippen LogP contribution in [0.25, 0.3) is 0 Å². The first kappa shape index (κ1) is 14.6. The van der Waals surface area contributed by atoms with Crippen LogP contribution in [0.1, 0.15) is 6.42 Å². The molecule has 1 aromatic rings. The van der Waals surface area contributed by atoms with Crippen molar-refractivity contribution < 1.29 is 19.2 Å². The van der Waals surface area contributed by atoms with E-state index in [9.17, 15) is 19.7 Å². The van der Waals surface area contributed by atoms with Crippen LogP contribution in [-0.4, -0.2) is 23.8 Å². The van der Waals surface area contributed by atoms with E-state index in [2.05, 4.69) is 12.2 Å². The number of hydrogen-bond acceptors (Lipinski definition) is 5. The standard InChI is InChI=1S/C18H16N2O5/c1-25-8-2-5-13(20(23)24)14(6-8)19-17(21)15-9-3-4-10(12-7-11(9)12)16(15)18(19)22/h2-6,9-12,15-16H,7H2,1H3. The van der Waals surface area contributed by atoms with Gasteiger partial charge >= 0.3 is 0 Å². The Bertz CT molecular complexity index is 827. The number of imide groups is 1. The van der Waals surface area contributed by atoms with Gasteiger partial charge in [0, 0.05) is 12.1 Å². The first-order valence-corrected chi connectivity index (χ1v) is 8.41. The summed E-state index contributed by atoms with van der Waals surface area (Å²) in [6, 6.07) is 4.14. The van der Waals surface area contributed by atoms with E-state index in [0.717, 1.165) is 11.3 Å². The van der Waals surface area contributed by atoms with E-state index < -0.39 is 4.92 Å². The molecule has 1 heterocycles. The van der Waals surface area contributed by atoms with Crippen LogP contribution in [0.4, 0.5) is 11.4 Å². The zero-order chi connectivity index (χ0) is 17.5. The van der Waals surface area contributed by atoms with Gasteiger partial charge in [-0.2, -0.15) is 0 Å². The largest absolute Gasteiger partial charge is 0.497 e. The molecule has 7 heteroatoms. The number of allylic oxidation sites excluding steroid dienone is 2. The van der Waals surface area contributed by atoms with Gasteiger partial charge in [0.2, 0.25) is 11.8 Å². The number of amides is 2. The average Bonchev–Trinajstić information content (AvgIpc) is 3.38. The molecule has 0 spiro atoms. The molecule has 1 aliphatic heterocycles. The Balaban J connectivity index is 1.62. The predicted molar refractivity (Wildman–Crippen MR) is 86.8 cm³/mol. The SMILES string of the molecule is COc1ccc([N+](=O)[O-])c(N2C(=O)C3C4C=CC(C5CC45)C3C2=O)c1. The number of anilines is 1. The van der Waals surface area contributed by atoms with Crippen LogP contribution in [0.15, 0.2) is 30.4 Å². The van der Waals surface area contributed by atoms with Gasteiger partial charge in [0.25, 0.3) is 5.69 Å². The molecule has 0 N–H and O–H groups in total. The number of benzene rings is 1. The van der Waals surface area contributed by atoms with Crippen molar-refractivity contribution in [3.63, 3.8) is 0 Å². The van der Waals surface area contributed by atoms with Crippen molar-refractivity contribution in [1.82, 2.24) is 0 Å². The van der Waals surface area contributed by atoms with E-state index in [0.29, 0.717) is 17.6 Å². The molecule has 3 fully saturated rings. The van der Waals surface area contributed by atoms with Crippen LogP contribution >= 0.6 is 0 Å². The average molecular weight is 340 g/mol. The fraction of sp³-hybridized carbons (Fsp3) is 0.444. The lowest BCUT2D eigenvalue weighted by atomic mass is 9.63. The van der Waals surface area contributed by atoms with Crippen LogP contribution in [0.5, 0.6) is 5.75 Å². The molecular formula is C18H16N2O5. The Morgan fingerprint density at radius 3 is 2.24 bits per heavy atom. The van der Waals surface area contributed by atoms with Gasteiger partial charge in [-0.1, -0.05) is 12.2 Å². The number of ether oxygens (including phenoxy) is 1. The second kappa shape index (κ2) is 4.68. The van der Waals surface area contributed by atoms with Crippen LogP contribution in [0, 0.1) is 45.6 Å². The molecule has 2 bridgehead atoms. The summed E-state index contributed by atoms with van der Waals surface area (Å²) in [7, 11) is 1.44. The fourth-order valence-electron chi connectivity index (χ4n) is 5.16. The zero-order valence-corrected chi connectivity index (χ0v) is 13.5. The lowest BCUT2D eigenvalue weighted by Gasteiger charge is -2.37. The van der Waals surface area contributed by atoms with Crippen molar-refractivity contribution in [3.05, 3.63) is 40.5 Å². The Hall–Kier alpha value is -2.70. The van der Waals surface area contributed by atoms with Crippen molar-refractivity contribution in [2.75, 3.05) is 12.0 Å². The third kappa shape index (κ3) is 1.75. The number of carbonyl (C=O) groups excluding carboxylic acids is 2. The molecule has 128 valence electrons. The molecular weight excluding hydrogens is 324 g/mol.